The van der Waals surface area contributed by atoms with E-state index in [1.165, 1.54) is 11.8 Å². The molecular formula is C11H19N3O2S. The number of hydrogen-bond donors (Lipinski definition) is 1. The number of thioether (sulfide) groups is 1. The molecular weight excluding hydrogens is 238 g/mol. The maximum absolute atomic E-state index is 10.5. The SMILES string of the molecule is CCn1c(CC(C)(C)C)nnc1SCC(=O)O. The Morgan fingerprint density at radius 3 is 2.53 bits per heavy atom. The second-order valence-electron chi connectivity index (χ2n) is 5.06. The van der Waals surface area contributed by atoms with E-state index >= 15 is 0 Å². The standard InChI is InChI=1S/C11H19N3O2S/c1-5-14-8(6-11(2,3)4)12-13-10(14)17-7-9(15)16/h5-7H2,1-4H3,(H,15,16). The van der Waals surface area contributed by atoms with Crippen molar-refractivity contribution in [3.8, 4) is 0 Å². The largest absolute Gasteiger partial charge is 0.481 e. The molecule has 1 rings (SSSR count). The second kappa shape index (κ2) is 5.53. The first-order valence-corrected chi connectivity index (χ1v) is 6.58. The van der Waals surface area contributed by atoms with Gasteiger partial charge in [0.2, 0.25) is 0 Å². The van der Waals surface area contributed by atoms with Gasteiger partial charge in [-0.3, -0.25) is 4.79 Å². The average molecular weight is 257 g/mol. The number of nitrogens with zero attached hydrogens (tertiary/aromatic N) is 3. The molecule has 0 spiro atoms. The fourth-order valence-electron chi connectivity index (χ4n) is 1.47. The zero-order valence-corrected chi connectivity index (χ0v) is 11.5. The summed E-state index contributed by atoms with van der Waals surface area (Å²) in [5, 5.41) is 17.5. The van der Waals surface area contributed by atoms with E-state index in [-0.39, 0.29) is 11.2 Å². The van der Waals surface area contributed by atoms with Crippen molar-refractivity contribution in [1.29, 1.82) is 0 Å². The van der Waals surface area contributed by atoms with Crippen molar-refractivity contribution in [2.75, 3.05) is 5.75 Å². The fraction of sp³-hybridized carbons (Fsp3) is 0.727. The molecule has 6 heteroatoms. The third-order valence-corrected chi connectivity index (χ3v) is 3.07. The van der Waals surface area contributed by atoms with E-state index in [4.69, 9.17) is 5.11 Å². The molecule has 0 radical (unpaired) electrons. The van der Waals surface area contributed by atoms with Gasteiger partial charge < -0.3 is 9.67 Å². The summed E-state index contributed by atoms with van der Waals surface area (Å²) in [4.78, 5) is 10.5. The molecule has 17 heavy (non-hydrogen) atoms. The van der Waals surface area contributed by atoms with Gasteiger partial charge in [-0.25, -0.2) is 0 Å². The minimum atomic E-state index is -0.835. The lowest BCUT2D eigenvalue weighted by molar-refractivity contribution is -0.133. The van der Waals surface area contributed by atoms with Crippen molar-refractivity contribution in [2.24, 2.45) is 5.41 Å². The van der Waals surface area contributed by atoms with Crippen LogP contribution in [-0.2, 0) is 17.8 Å². The Hall–Kier alpha value is -1.04. The Bertz CT molecular complexity index is 396. The van der Waals surface area contributed by atoms with Gasteiger partial charge in [0.15, 0.2) is 5.16 Å². The first-order chi connectivity index (χ1) is 7.83. The van der Waals surface area contributed by atoms with Crippen molar-refractivity contribution in [1.82, 2.24) is 14.8 Å². The lowest BCUT2D eigenvalue weighted by Gasteiger charge is -2.17. The summed E-state index contributed by atoms with van der Waals surface area (Å²) in [5.41, 5.74) is 0.148. The summed E-state index contributed by atoms with van der Waals surface area (Å²) in [6.45, 7) is 9.21. The minimum absolute atomic E-state index is 0.0215. The highest BCUT2D eigenvalue weighted by atomic mass is 32.2. The van der Waals surface area contributed by atoms with Gasteiger partial charge in [-0.2, -0.15) is 0 Å². The Balaban J connectivity index is 2.83. The van der Waals surface area contributed by atoms with E-state index in [0.717, 1.165) is 18.8 Å². The number of aromatic nitrogens is 3. The molecule has 0 aliphatic carbocycles. The van der Waals surface area contributed by atoms with Crippen molar-refractivity contribution in [3.05, 3.63) is 5.82 Å². The normalized spacial score (nSPS) is 11.8. The lowest BCUT2D eigenvalue weighted by Crippen LogP contribution is -2.14. The van der Waals surface area contributed by atoms with E-state index in [2.05, 4.69) is 31.0 Å². The second-order valence-corrected chi connectivity index (χ2v) is 6.01. The molecule has 1 N–H and O–H groups in total. The molecule has 0 aliphatic rings. The third kappa shape index (κ3) is 4.38. The van der Waals surface area contributed by atoms with Gasteiger partial charge in [-0.15, -0.1) is 10.2 Å². The summed E-state index contributed by atoms with van der Waals surface area (Å²) in [6.07, 6.45) is 0.835. The summed E-state index contributed by atoms with van der Waals surface area (Å²) in [7, 11) is 0. The van der Waals surface area contributed by atoms with Gasteiger partial charge in [-0.05, 0) is 12.3 Å². The summed E-state index contributed by atoms with van der Waals surface area (Å²) in [6, 6.07) is 0. The van der Waals surface area contributed by atoms with Gasteiger partial charge in [0, 0.05) is 13.0 Å². The van der Waals surface area contributed by atoms with E-state index < -0.39 is 5.97 Å². The minimum Gasteiger partial charge on any atom is -0.481 e. The predicted octanol–water partition coefficient (Wildman–Crippen LogP) is 2.06. The van der Waals surface area contributed by atoms with Crippen LogP contribution in [0.1, 0.15) is 33.5 Å². The molecule has 5 nitrogen and oxygen atoms in total. The molecule has 1 heterocycles. The number of carbonyl (C=O) groups is 1. The van der Waals surface area contributed by atoms with E-state index in [0.29, 0.717) is 5.16 Å². The fourth-order valence-corrected chi connectivity index (χ4v) is 2.22. The van der Waals surface area contributed by atoms with Crippen LogP contribution < -0.4 is 0 Å². The summed E-state index contributed by atoms with van der Waals surface area (Å²) >= 11 is 1.22. The van der Waals surface area contributed by atoms with Crippen LogP contribution >= 0.6 is 11.8 Å². The van der Waals surface area contributed by atoms with Gasteiger partial charge in [0.1, 0.15) is 5.82 Å². The first kappa shape index (κ1) is 14.0. The number of hydrogen-bond acceptors (Lipinski definition) is 4. The van der Waals surface area contributed by atoms with Crippen LogP contribution in [0.2, 0.25) is 0 Å². The lowest BCUT2D eigenvalue weighted by atomic mass is 9.92. The monoisotopic (exact) mass is 257 g/mol. The molecule has 0 unspecified atom stereocenters. The van der Waals surface area contributed by atoms with Gasteiger partial charge >= 0.3 is 5.97 Å². The third-order valence-electron chi connectivity index (χ3n) is 2.12. The molecule has 0 atom stereocenters. The summed E-state index contributed by atoms with van der Waals surface area (Å²) in [5.74, 6) is 0.110. The Morgan fingerprint density at radius 1 is 1.41 bits per heavy atom. The zero-order valence-electron chi connectivity index (χ0n) is 10.7. The zero-order chi connectivity index (χ0) is 13.1. The molecule has 0 aromatic carbocycles. The molecule has 1 aromatic rings. The molecule has 0 fully saturated rings. The smallest absolute Gasteiger partial charge is 0.313 e. The number of rotatable bonds is 5. The Morgan fingerprint density at radius 2 is 2.06 bits per heavy atom. The first-order valence-electron chi connectivity index (χ1n) is 5.60. The highest BCUT2D eigenvalue weighted by molar-refractivity contribution is 7.99. The van der Waals surface area contributed by atoms with Gasteiger partial charge in [-0.1, -0.05) is 32.5 Å². The van der Waals surface area contributed by atoms with Gasteiger partial charge in [0.05, 0.1) is 5.75 Å². The van der Waals surface area contributed by atoms with Crippen LogP contribution in [0.15, 0.2) is 5.16 Å². The maximum atomic E-state index is 10.5. The van der Waals surface area contributed by atoms with Crippen molar-refractivity contribution < 1.29 is 9.90 Å². The quantitative estimate of drug-likeness (QED) is 0.818. The molecule has 0 saturated carbocycles. The predicted molar refractivity (Wildman–Crippen MR) is 67.2 cm³/mol. The average Bonchev–Trinajstić information content (AvgIpc) is 2.54. The van der Waals surface area contributed by atoms with Crippen LogP contribution in [0.4, 0.5) is 0 Å². The van der Waals surface area contributed by atoms with E-state index in [1.807, 2.05) is 11.5 Å². The molecule has 0 aliphatic heterocycles. The molecule has 96 valence electrons. The van der Waals surface area contributed by atoms with Crippen LogP contribution in [0.5, 0.6) is 0 Å². The van der Waals surface area contributed by atoms with E-state index in [9.17, 15) is 4.79 Å². The number of aliphatic carboxylic acids is 1. The van der Waals surface area contributed by atoms with Gasteiger partial charge in [0.25, 0.3) is 0 Å². The molecule has 1 aromatic heterocycles. The highest BCUT2D eigenvalue weighted by Crippen LogP contribution is 2.23. The van der Waals surface area contributed by atoms with E-state index in [1.54, 1.807) is 0 Å². The number of carboxylic acids is 1. The van der Waals surface area contributed by atoms with Crippen LogP contribution in [0.3, 0.4) is 0 Å². The highest BCUT2D eigenvalue weighted by Gasteiger charge is 2.18. The molecule has 0 amide bonds. The Labute approximate surface area is 106 Å². The van der Waals surface area contributed by atoms with Crippen molar-refractivity contribution >= 4 is 17.7 Å². The van der Waals surface area contributed by atoms with Crippen molar-refractivity contribution in [3.63, 3.8) is 0 Å². The van der Waals surface area contributed by atoms with Crippen molar-refractivity contribution in [2.45, 2.75) is 45.8 Å². The molecule has 0 saturated heterocycles. The molecule has 0 bridgehead atoms. The maximum Gasteiger partial charge on any atom is 0.313 e. The number of carboxylic acid groups (broad SMARTS) is 1. The summed E-state index contributed by atoms with van der Waals surface area (Å²) < 4.78 is 1.98. The Kier molecular flexibility index (Phi) is 4.56. The van der Waals surface area contributed by atoms with Crippen LogP contribution in [0.25, 0.3) is 0 Å². The van der Waals surface area contributed by atoms with Crippen LogP contribution in [-0.4, -0.2) is 31.6 Å². The topological polar surface area (TPSA) is 68.0 Å². The van der Waals surface area contributed by atoms with Crippen LogP contribution in [0, 0.1) is 5.41 Å².